The van der Waals surface area contributed by atoms with Gasteiger partial charge in [-0.25, -0.2) is 21.6 Å². The van der Waals surface area contributed by atoms with E-state index in [4.69, 9.17) is 23.7 Å². The monoisotopic (exact) mass is 742 g/mol. The van der Waals surface area contributed by atoms with E-state index in [9.17, 15) is 12.6 Å². The Morgan fingerprint density at radius 3 is 2.65 bits per heavy atom. The lowest BCUT2D eigenvalue weighted by molar-refractivity contribution is -0.106. The molecule has 16 heteroatoms. The fourth-order valence-electron chi connectivity index (χ4n) is 5.80. The molecule has 0 aliphatic carbocycles. The highest BCUT2D eigenvalue weighted by molar-refractivity contribution is 7.90. The van der Waals surface area contributed by atoms with Crippen LogP contribution in [0.1, 0.15) is 36.1 Å². The number of hydrogen-bond donors (Lipinski definition) is 2. The van der Waals surface area contributed by atoms with Crippen molar-refractivity contribution in [2.45, 2.75) is 37.4 Å². The molecule has 4 aromatic heterocycles. The van der Waals surface area contributed by atoms with Crippen molar-refractivity contribution >= 4 is 61.4 Å². The van der Waals surface area contributed by atoms with Gasteiger partial charge in [0.05, 0.1) is 40.5 Å². The van der Waals surface area contributed by atoms with Crippen molar-refractivity contribution in [1.82, 2.24) is 23.9 Å². The normalized spacial score (nSPS) is 15.6. The van der Waals surface area contributed by atoms with E-state index in [0.29, 0.717) is 45.9 Å². The van der Waals surface area contributed by atoms with Gasteiger partial charge in [0, 0.05) is 36.8 Å². The van der Waals surface area contributed by atoms with Gasteiger partial charge in [0.1, 0.15) is 11.5 Å². The van der Waals surface area contributed by atoms with E-state index in [1.54, 1.807) is 68.1 Å². The van der Waals surface area contributed by atoms with Crippen LogP contribution in [0.4, 0.5) is 5.95 Å². The molecule has 1 fully saturated rings. The zero-order valence-electron chi connectivity index (χ0n) is 28.1. The second kappa shape index (κ2) is 15.1. The first-order chi connectivity index (χ1) is 25.2. The molecule has 5 heterocycles. The van der Waals surface area contributed by atoms with Gasteiger partial charge in [-0.2, -0.15) is 9.19 Å². The first-order valence-electron chi connectivity index (χ1n) is 16.3. The maximum atomic E-state index is 14.3. The van der Waals surface area contributed by atoms with Gasteiger partial charge in [0.15, 0.2) is 11.9 Å². The van der Waals surface area contributed by atoms with Crippen LogP contribution in [-0.2, 0) is 30.3 Å². The maximum Gasteiger partial charge on any atom is 0.305 e. The Hall–Kier alpha value is -5.26. The second-order valence-corrected chi connectivity index (χ2v) is 14.4. The van der Waals surface area contributed by atoms with Crippen LogP contribution in [0, 0.1) is 6.92 Å². The molecule has 1 saturated heterocycles. The van der Waals surface area contributed by atoms with Gasteiger partial charge in [-0.3, -0.25) is 14.5 Å². The summed E-state index contributed by atoms with van der Waals surface area (Å²) in [6.07, 6.45) is 12.2. The summed E-state index contributed by atoms with van der Waals surface area (Å²) in [5.41, 5.74) is 4.14. The number of hydrogen-bond acceptors (Lipinski definition) is 12. The minimum absolute atomic E-state index is 0.106. The number of ether oxygens (including phenoxy) is 3. The molecule has 2 aromatic carbocycles. The predicted molar refractivity (Wildman–Crippen MR) is 196 cm³/mol. The average Bonchev–Trinajstić information content (AvgIpc) is 3.55. The van der Waals surface area contributed by atoms with E-state index in [-0.39, 0.29) is 22.8 Å². The maximum absolute atomic E-state index is 14.3. The molecule has 1 aliphatic heterocycles. The van der Waals surface area contributed by atoms with Crippen molar-refractivity contribution < 1.29 is 35.6 Å². The highest BCUT2D eigenvalue weighted by atomic mass is 32.2. The Labute approximate surface area is 302 Å². The number of aromatic nitrogens is 5. The highest BCUT2D eigenvalue weighted by Crippen LogP contribution is 2.37. The van der Waals surface area contributed by atoms with Gasteiger partial charge >= 0.3 is 11.4 Å². The largest absolute Gasteiger partial charge is 0.465 e. The number of nitrogens with one attached hydrogen (secondary N) is 1. The molecule has 6 aromatic rings. The van der Waals surface area contributed by atoms with E-state index < -0.39 is 28.2 Å². The molecule has 0 amide bonds. The van der Waals surface area contributed by atoms with Crippen molar-refractivity contribution in [3.05, 3.63) is 96.2 Å². The second-order valence-electron chi connectivity index (χ2n) is 11.9. The van der Waals surface area contributed by atoms with Crippen LogP contribution in [0.15, 0.2) is 84.3 Å². The van der Waals surface area contributed by atoms with E-state index in [1.165, 1.54) is 10.2 Å². The Morgan fingerprint density at radius 1 is 1.04 bits per heavy atom. The van der Waals surface area contributed by atoms with Crippen molar-refractivity contribution in [2.24, 2.45) is 0 Å². The van der Waals surface area contributed by atoms with Crippen LogP contribution in [0.2, 0.25) is 0 Å². The molecule has 0 bridgehead atoms. The quantitative estimate of drug-likeness (QED) is 0.107. The van der Waals surface area contributed by atoms with Gasteiger partial charge in [0.25, 0.3) is 10.0 Å². The molecule has 2 unspecified atom stereocenters. The van der Waals surface area contributed by atoms with Crippen LogP contribution < -0.4 is 14.8 Å². The third-order valence-corrected chi connectivity index (χ3v) is 10.3. The van der Waals surface area contributed by atoms with E-state index in [0.717, 1.165) is 35.7 Å². The van der Waals surface area contributed by atoms with Crippen LogP contribution in [0.3, 0.4) is 0 Å². The van der Waals surface area contributed by atoms with Crippen molar-refractivity contribution in [1.29, 1.82) is 0 Å². The molecule has 0 saturated carbocycles. The summed E-state index contributed by atoms with van der Waals surface area (Å²) in [6.45, 7) is 2.09. The number of benzene rings is 2. The SMILES string of the molecule is CNc1nc(C=Cc2cncc(OCOS(=O)O)c2)c2c(-c3ccc4ncc(OC5CCCCO5)cc4c3)cn(S(=O)(=O)c3ccc(C)cc3)c2n1. The lowest BCUT2D eigenvalue weighted by atomic mass is 10.0. The third-order valence-electron chi connectivity index (χ3n) is 8.36. The van der Waals surface area contributed by atoms with Crippen LogP contribution in [0.5, 0.6) is 11.5 Å². The zero-order chi connectivity index (χ0) is 36.2. The van der Waals surface area contributed by atoms with Gasteiger partial charge in [0.2, 0.25) is 12.7 Å². The average molecular weight is 743 g/mol. The molecule has 1 aliphatic rings. The number of aryl methyl sites for hydroxylation is 1. The highest BCUT2D eigenvalue weighted by Gasteiger charge is 2.26. The fraction of sp³-hybridized carbons (Fsp3) is 0.222. The number of nitrogens with zero attached hydrogens (tertiary/aromatic N) is 5. The minimum atomic E-state index is -4.11. The van der Waals surface area contributed by atoms with Crippen molar-refractivity contribution in [2.75, 3.05) is 25.8 Å². The number of rotatable bonds is 12. The summed E-state index contributed by atoms with van der Waals surface area (Å²) < 4.78 is 71.2. The third kappa shape index (κ3) is 7.66. The van der Waals surface area contributed by atoms with Crippen molar-refractivity contribution in [3.63, 3.8) is 0 Å². The molecular weight excluding hydrogens is 709 g/mol. The summed E-state index contributed by atoms with van der Waals surface area (Å²) in [5, 5.41) is 4.22. The minimum Gasteiger partial charge on any atom is -0.465 e. The summed E-state index contributed by atoms with van der Waals surface area (Å²) in [7, 11) is -2.46. The molecule has 7 rings (SSSR count). The standard InChI is InChI=1S/C36H34N6O8S2/c1-23-6-10-29(11-7-23)52(45,46)42-21-30(25-9-13-31-26(16-25)17-28(20-39-31)50-33-5-3-4-14-47-33)34-32(40-36(37-2)41-35(34)42)12-8-24-15-27(19-38-18-24)48-22-49-51(43)44/h6-13,15-21,33H,3-5,14,22H2,1-2H3,(H,43,44)(H,37,40,41). The molecule has 268 valence electrons. The van der Waals surface area contributed by atoms with Gasteiger partial charge in [-0.1, -0.05) is 29.8 Å². The Morgan fingerprint density at radius 2 is 1.88 bits per heavy atom. The molecule has 2 N–H and O–H groups in total. The lowest BCUT2D eigenvalue weighted by Gasteiger charge is -2.23. The number of fused-ring (bicyclic) bond motifs is 2. The predicted octanol–water partition coefficient (Wildman–Crippen LogP) is 6.19. The molecule has 0 radical (unpaired) electrons. The summed E-state index contributed by atoms with van der Waals surface area (Å²) in [5.74, 6) is 1.08. The first kappa shape index (κ1) is 35.2. The van der Waals surface area contributed by atoms with Crippen LogP contribution in [0.25, 0.3) is 45.2 Å². The van der Waals surface area contributed by atoms with Gasteiger partial charge in [-0.05, 0) is 73.4 Å². The van der Waals surface area contributed by atoms with Gasteiger partial charge in [-0.15, -0.1) is 0 Å². The number of pyridine rings is 2. The van der Waals surface area contributed by atoms with Crippen molar-refractivity contribution in [3.8, 4) is 22.6 Å². The first-order valence-corrected chi connectivity index (χ1v) is 18.8. The summed E-state index contributed by atoms with van der Waals surface area (Å²) in [6, 6.07) is 15.9. The smallest absolute Gasteiger partial charge is 0.305 e. The summed E-state index contributed by atoms with van der Waals surface area (Å²) in [4.78, 5) is 18.3. The van der Waals surface area contributed by atoms with Gasteiger partial charge < -0.3 is 19.5 Å². The fourth-order valence-corrected chi connectivity index (χ4v) is 7.24. The number of anilines is 1. The van der Waals surface area contributed by atoms with E-state index >= 15 is 0 Å². The topological polar surface area (TPSA) is 177 Å². The zero-order valence-corrected chi connectivity index (χ0v) is 29.8. The van der Waals surface area contributed by atoms with E-state index in [2.05, 4.69) is 24.5 Å². The Kier molecular flexibility index (Phi) is 10.2. The summed E-state index contributed by atoms with van der Waals surface area (Å²) >= 11 is -2.48. The molecule has 0 spiro atoms. The molecule has 14 nitrogen and oxygen atoms in total. The Balaban J connectivity index is 1.36. The lowest BCUT2D eigenvalue weighted by Crippen LogP contribution is -2.24. The molecule has 2 atom stereocenters. The Bertz CT molecular complexity index is 2410. The van der Waals surface area contributed by atoms with E-state index in [1.807, 2.05) is 31.2 Å². The van der Waals surface area contributed by atoms with Crippen LogP contribution >= 0.6 is 0 Å². The van der Waals surface area contributed by atoms with Crippen LogP contribution in [-0.4, -0.2) is 67.8 Å². The molecular formula is C36H34N6O8S2. The molecule has 52 heavy (non-hydrogen) atoms.